The Morgan fingerprint density at radius 2 is 2.25 bits per heavy atom. The zero-order valence-electron chi connectivity index (χ0n) is 9.32. The fourth-order valence-corrected chi connectivity index (χ4v) is 2.22. The molecule has 0 aromatic heterocycles. The van der Waals surface area contributed by atoms with Crippen LogP contribution in [-0.4, -0.2) is 30.5 Å². The lowest BCUT2D eigenvalue weighted by Crippen LogP contribution is -2.04. The maximum absolute atomic E-state index is 10.9. The third-order valence-corrected chi connectivity index (χ3v) is 3.09. The lowest BCUT2D eigenvalue weighted by Gasteiger charge is -2.08. The molecule has 0 spiro atoms. The highest BCUT2D eigenvalue weighted by molar-refractivity contribution is 7.99. The first-order valence-corrected chi connectivity index (χ1v) is 5.80. The second-order valence-corrected chi connectivity index (χ2v) is 4.52. The zero-order valence-corrected chi connectivity index (χ0v) is 10.1. The number of ether oxygens (including phenoxy) is 1. The van der Waals surface area contributed by atoms with Crippen molar-refractivity contribution < 1.29 is 14.6 Å². The number of benzene rings is 1. The molecule has 5 heteroatoms. The third-order valence-electron chi connectivity index (χ3n) is 2.15. The van der Waals surface area contributed by atoms with E-state index in [4.69, 9.17) is 15.6 Å². The maximum Gasteiger partial charge on any atom is 0.337 e. The molecule has 3 N–H and O–H groups in total. The summed E-state index contributed by atoms with van der Waals surface area (Å²) >= 11 is 1.56. The van der Waals surface area contributed by atoms with Crippen LogP contribution in [0.2, 0.25) is 0 Å². The van der Waals surface area contributed by atoms with Crippen molar-refractivity contribution >= 4 is 23.4 Å². The Morgan fingerprint density at radius 3 is 2.81 bits per heavy atom. The predicted octanol–water partition coefficient (Wildman–Crippen LogP) is 2.01. The molecule has 4 nitrogen and oxygen atoms in total. The van der Waals surface area contributed by atoms with E-state index in [-0.39, 0.29) is 5.56 Å². The van der Waals surface area contributed by atoms with Gasteiger partial charge in [0.25, 0.3) is 0 Å². The number of thioether (sulfide) groups is 1. The Morgan fingerprint density at radius 1 is 1.56 bits per heavy atom. The second-order valence-electron chi connectivity index (χ2n) is 3.35. The number of nitrogens with two attached hydrogens (primary N) is 1. The van der Waals surface area contributed by atoms with Gasteiger partial charge < -0.3 is 15.6 Å². The zero-order chi connectivity index (χ0) is 12.1. The van der Waals surface area contributed by atoms with Crippen LogP contribution in [0, 0.1) is 6.92 Å². The summed E-state index contributed by atoms with van der Waals surface area (Å²) in [5.41, 5.74) is 6.99. The van der Waals surface area contributed by atoms with Gasteiger partial charge in [-0.25, -0.2) is 4.79 Å². The van der Waals surface area contributed by atoms with E-state index in [1.165, 1.54) is 0 Å². The molecule has 0 radical (unpaired) electrons. The number of carboxylic acid groups (broad SMARTS) is 1. The number of carbonyl (C=O) groups is 1. The molecule has 16 heavy (non-hydrogen) atoms. The van der Waals surface area contributed by atoms with Gasteiger partial charge in [-0.3, -0.25) is 0 Å². The summed E-state index contributed by atoms with van der Waals surface area (Å²) in [6.45, 7) is 2.44. The number of aryl methyl sites for hydroxylation is 1. The highest BCUT2D eigenvalue weighted by Gasteiger charge is 2.11. The molecule has 0 bridgehead atoms. The van der Waals surface area contributed by atoms with Gasteiger partial charge in [0, 0.05) is 23.4 Å². The molecule has 0 heterocycles. The number of aromatic carboxylic acids is 1. The number of hydrogen-bond donors (Lipinski definition) is 2. The van der Waals surface area contributed by atoms with E-state index in [2.05, 4.69) is 0 Å². The van der Waals surface area contributed by atoms with Gasteiger partial charge in [-0.05, 0) is 24.6 Å². The van der Waals surface area contributed by atoms with E-state index in [0.29, 0.717) is 12.3 Å². The van der Waals surface area contributed by atoms with Crippen LogP contribution in [0.5, 0.6) is 0 Å². The lowest BCUT2D eigenvalue weighted by molar-refractivity contribution is 0.0697. The molecule has 0 saturated carbocycles. The smallest absolute Gasteiger partial charge is 0.337 e. The summed E-state index contributed by atoms with van der Waals surface area (Å²) in [5, 5.41) is 8.97. The minimum absolute atomic E-state index is 0.167. The van der Waals surface area contributed by atoms with Crippen LogP contribution >= 0.6 is 11.8 Å². The molecule has 0 atom stereocenters. The van der Waals surface area contributed by atoms with Crippen molar-refractivity contribution in [1.82, 2.24) is 0 Å². The van der Waals surface area contributed by atoms with Gasteiger partial charge in [-0.15, -0.1) is 11.8 Å². The minimum Gasteiger partial charge on any atom is -0.478 e. The van der Waals surface area contributed by atoms with Gasteiger partial charge in [-0.1, -0.05) is 0 Å². The van der Waals surface area contributed by atoms with E-state index in [1.807, 2.05) is 13.0 Å². The number of rotatable bonds is 5. The Hall–Kier alpha value is -1.20. The summed E-state index contributed by atoms with van der Waals surface area (Å²) in [6, 6.07) is 3.49. The first-order chi connectivity index (χ1) is 7.56. The largest absolute Gasteiger partial charge is 0.478 e. The first kappa shape index (κ1) is 12.9. The second kappa shape index (κ2) is 5.77. The predicted molar refractivity (Wildman–Crippen MR) is 65.2 cm³/mol. The summed E-state index contributed by atoms with van der Waals surface area (Å²) < 4.78 is 4.93. The van der Waals surface area contributed by atoms with Crippen molar-refractivity contribution in [1.29, 1.82) is 0 Å². The molecule has 0 amide bonds. The van der Waals surface area contributed by atoms with E-state index in [1.54, 1.807) is 24.9 Å². The molecule has 0 unspecified atom stereocenters. The summed E-state index contributed by atoms with van der Waals surface area (Å²) in [5.74, 6) is -0.200. The molecule has 0 fully saturated rings. The number of carboxylic acids is 1. The number of nitrogen functional groups attached to an aromatic ring is 1. The standard InChI is InChI=1S/C11H15NO3S/c1-7-5-8(16-4-3-15-2)6-9(10(7)12)11(13)14/h5-6H,3-4,12H2,1-2H3,(H,13,14). The van der Waals surface area contributed by atoms with Crippen molar-refractivity contribution in [3.63, 3.8) is 0 Å². The van der Waals surface area contributed by atoms with Crippen LogP contribution in [0.4, 0.5) is 5.69 Å². The van der Waals surface area contributed by atoms with Crippen LogP contribution in [0.1, 0.15) is 15.9 Å². The van der Waals surface area contributed by atoms with Crippen molar-refractivity contribution in [3.05, 3.63) is 23.3 Å². The van der Waals surface area contributed by atoms with Gasteiger partial charge >= 0.3 is 5.97 Å². The molecular formula is C11H15NO3S. The summed E-state index contributed by atoms with van der Waals surface area (Å²) in [7, 11) is 1.64. The van der Waals surface area contributed by atoms with Gasteiger partial charge in [0.2, 0.25) is 0 Å². The maximum atomic E-state index is 10.9. The third kappa shape index (κ3) is 3.15. The Balaban J connectivity index is 2.91. The van der Waals surface area contributed by atoms with E-state index < -0.39 is 5.97 Å². The SMILES string of the molecule is COCCSc1cc(C)c(N)c(C(=O)O)c1. The van der Waals surface area contributed by atoms with Crippen LogP contribution < -0.4 is 5.73 Å². The average Bonchev–Trinajstić information content (AvgIpc) is 2.23. The van der Waals surface area contributed by atoms with E-state index >= 15 is 0 Å². The molecule has 0 aliphatic rings. The van der Waals surface area contributed by atoms with Crippen LogP contribution in [0.25, 0.3) is 0 Å². The number of methoxy groups -OCH3 is 1. The number of anilines is 1. The summed E-state index contributed by atoms with van der Waals surface area (Å²) in [6.07, 6.45) is 0. The van der Waals surface area contributed by atoms with Crippen LogP contribution in [0.3, 0.4) is 0 Å². The highest BCUT2D eigenvalue weighted by atomic mass is 32.2. The Bertz CT molecular complexity index is 393. The van der Waals surface area contributed by atoms with Gasteiger partial charge in [-0.2, -0.15) is 0 Å². The fraction of sp³-hybridized carbons (Fsp3) is 0.364. The van der Waals surface area contributed by atoms with E-state index in [0.717, 1.165) is 16.2 Å². The molecule has 0 saturated heterocycles. The molecule has 1 aromatic rings. The van der Waals surface area contributed by atoms with Gasteiger partial charge in [0.1, 0.15) is 0 Å². The molecular weight excluding hydrogens is 226 g/mol. The first-order valence-electron chi connectivity index (χ1n) is 4.81. The van der Waals surface area contributed by atoms with Crippen LogP contribution in [-0.2, 0) is 4.74 Å². The topological polar surface area (TPSA) is 72.5 Å². The van der Waals surface area contributed by atoms with Crippen molar-refractivity contribution in [2.75, 3.05) is 25.2 Å². The van der Waals surface area contributed by atoms with Crippen molar-refractivity contribution in [3.8, 4) is 0 Å². The average molecular weight is 241 g/mol. The van der Waals surface area contributed by atoms with E-state index in [9.17, 15) is 4.79 Å². The lowest BCUT2D eigenvalue weighted by atomic mass is 10.1. The fourth-order valence-electron chi connectivity index (χ4n) is 1.27. The normalized spacial score (nSPS) is 10.4. The van der Waals surface area contributed by atoms with Gasteiger partial charge in [0.05, 0.1) is 12.2 Å². The molecule has 1 rings (SSSR count). The molecule has 0 aliphatic heterocycles. The minimum atomic E-state index is -0.991. The number of hydrogen-bond acceptors (Lipinski definition) is 4. The Kier molecular flexibility index (Phi) is 4.64. The molecule has 0 aliphatic carbocycles. The highest BCUT2D eigenvalue weighted by Crippen LogP contribution is 2.26. The van der Waals surface area contributed by atoms with Crippen LogP contribution in [0.15, 0.2) is 17.0 Å². The van der Waals surface area contributed by atoms with Crippen molar-refractivity contribution in [2.24, 2.45) is 0 Å². The summed E-state index contributed by atoms with van der Waals surface area (Å²) in [4.78, 5) is 11.8. The quantitative estimate of drug-likeness (QED) is 0.468. The Labute approximate surface area is 98.8 Å². The molecule has 88 valence electrons. The monoisotopic (exact) mass is 241 g/mol. The molecule has 1 aromatic carbocycles. The van der Waals surface area contributed by atoms with Gasteiger partial charge in [0.15, 0.2) is 0 Å². The van der Waals surface area contributed by atoms with Crippen molar-refractivity contribution in [2.45, 2.75) is 11.8 Å².